The minimum absolute atomic E-state index is 0.00343. The van der Waals surface area contributed by atoms with Crippen LogP contribution in [-0.2, 0) is 24.3 Å². The molecule has 170 valence electrons. The van der Waals surface area contributed by atoms with Crippen molar-refractivity contribution in [3.05, 3.63) is 83.1 Å². The minimum Gasteiger partial charge on any atom is -0.493 e. The summed E-state index contributed by atoms with van der Waals surface area (Å²) in [5, 5.41) is 1.07. The van der Waals surface area contributed by atoms with Crippen LogP contribution in [-0.4, -0.2) is 41.1 Å². The van der Waals surface area contributed by atoms with Crippen LogP contribution in [0.25, 0.3) is 28.4 Å². The highest BCUT2D eigenvalue weighted by atomic mass is 16.5. The van der Waals surface area contributed by atoms with Crippen molar-refractivity contribution >= 4 is 23.0 Å². The van der Waals surface area contributed by atoms with Gasteiger partial charge in [-0.1, -0.05) is 24.3 Å². The maximum Gasteiger partial charge on any atom is 0.246 e. The molecule has 2 aromatic carbocycles. The summed E-state index contributed by atoms with van der Waals surface area (Å²) in [7, 11) is 3.27. The summed E-state index contributed by atoms with van der Waals surface area (Å²) in [5.74, 6) is 1.42. The molecule has 0 saturated heterocycles. The molecular weight excluding hydrogens is 426 g/mol. The molecule has 0 unspecified atom stereocenters. The molecule has 2 aromatic heterocycles. The van der Waals surface area contributed by atoms with E-state index in [2.05, 4.69) is 39.9 Å². The fraction of sp³-hybridized carbons (Fsp3) is 0.214. The molecule has 2 aliphatic rings. The van der Waals surface area contributed by atoms with Crippen LogP contribution in [0.1, 0.15) is 22.3 Å². The molecule has 0 atom stereocenters. The number of methoxy groups -OCH3 is 2. The smallest absolute Gasteiger partial charge is 0.246 e. The molecule has 0 N–H and O–H groups in total. The summed E-state index contributed by atoms with van der Waals surface area (Å²) in [6.07, 6.45) is 6.28. The first kappa shape index (κ1) is 20.5. The highest BCUT2D eigenvalue weighted by molar-refractivity contribution is 6.01. The van der Waals surface area contributed by atoms with Gasteiger partial charge < -0.3 is 18.9 Å². The lowest BCUT2D eigenvalue weighted by Crippen LogP contribution is -2.34. The van der Waals surface area contributed by atoms with Gasteiger partial charge in [0.2, 0.25) is 5.91 Å². The Hall–Kier alpha value is -4.06. The van der Waals surface area contributed by atoms with Crippen molar-refractivity contribution in [2.45, 2.75) is 19.5 Å². The van der Waals surface area contributed by atoms with Gasteiger partial charge in [0, 0.05) is 41.9 Å². The molecular formula is C28H25N3O3. The molecule has 0 fully saturated rings. The first-order valence-corrected chi connectivity index (χ1v) is 11.4. The number of hydrogen-bond donors (Lipinski definition) is 0. The molecule has 4 heterocycles. The number of carbonyl (C=O) groups is 1. The van der Waals surface area contributed by atoms with Crippen LogP contribution in [0.4, 0.5) is 0 Å². The SMILES string of the molecule is COc1cc2c(cc1OC)CN(C(=O)/C=C/c1c3n(c4ncccc14)Cc1ccccc1-3)CC2. The van der Waals surface area contributed by atoms with Crippen molar-refractivity contribution in [1.29, 1.82) is 0 Å². The maximum atomic E-state index is 13.2. The normalized spacial score (nSPS) is 14.2. The summed E-state index contributed by atoms with van der Waals surface area (Å²) >= 11 is 0. The molecule has 6 nitrogen and oxygen atoms in total. The number of ether oxygens (including phenoxy) is 2. The Balaban J connectivity index is 1.32. The predicted octanol–water partition coefficient (Wildman–Crippen LogP) is 4.68. The maximum absolute atomic E-state index is 13.2. The average molecular weight is 452 g/mol. The number of rotatable bonds is 4. The van der Waals surface area contributed by atoms with Crippen molar-refractivity contribution in [3.8, 4) is 22.8 Å². The molecule has 0 radical (unpaired) electrons. The van der Waals surface area contributed by atoms with Crippen molar-refractivity contribution in [1.82, 2.24) is 14.5 Å². The Morgan fingerprint density at radius 2 is 1.76 bits per heavy atom. The zero-order valence-corrected chi connectivity index (χ0v) is 19.2. The Morgan fingerprint density at radius 3 is 2.59 bits per heavy atom. The van der Waals surface area contributed by atoms with Gasteiger partial charge in [0.25, 0.3) is 0 Å². The lowest BCUT2D eigenvalue weighted by Gasteiger charge is -2.28. The van der Waals surface area contributed by atoms with Gasteiger partial charge in [-0.15, -0.1) is 0 Å². The van der Waals surface area contributed by atoms with E-state index in [0.29, 0.717) is 18.8 Å². The summed E-state index contributed by atoms with van der Waals surface area (Å²) in [4.78, 5) is 19.7. The van der Waals surface area contributed by atoms with Crippen LogP contribution >= 0.6 is 0 Å². The molecule has 0 aliphatic carbocycles. The highest BCUT2D eigenvalue weighted by Gasteiger charge is 2.26. The van der Waals surface area contributed by atoms with E-state index in [1.807, 2.05) is 35.4 Å². The molecule has 0 bridgehead atoms. The summed E-state index contributed by atoms with van der Waals surface area (Å²) in [6.45, 7) is 2.03. The minimum atomic E-state index is 0.00343. The van der Waals surface area contributed by atoms with Gasteiger partial charge in [-0.25, -0.2) is 4.98 Å². The third-order valence-corrected chi connectivity index (χ3v) is 6.88. The zero-order valence-electron chi connectivity index (χ0n) is 19.2. The van der Waals surface area contributed by atoms with Gasteiger partial charge in [-0.2, -0.15) is 0 Å². The third kappa shape index (κ3) is 3.17. The third-order valence-electron chi connectivity index (χ3n) is 6.88. The number of hydrogen-bond acceptors (Lipinski definition) is 4. The fourth-order valence-electron chi connectivity index (χ4n) is 5.21. The predicted molar refractivity (Wildman–Crippen MR) is 132 cm³/mol. The second-order valence-corrected chi connectivity index (χ2v) is 8.70. The fourth-order valence-corrected chi connectivity index (χ4v) is 5.21. The number of pyridine rings is 1. The van der Waals surface area contributed by atoms with Crippen LogP contribution < -0.4 is 9.47 Å². The summed E-state index contributed by atoms with van der Waals surface area (Å²) in [6, 6.07) is 16.5. The van der Waals surface area contributed by atoms with Gasteiger partial charge in [0.05, 0.1) is 26.5 Å². The topological polar surface area (TPSA) is 56.6 Å². The monoisotopic (exact) mass is 451 g/mol. The number of fused-ring (bicyclic) bond motifs is 6. The van der Waals surface area contributed by atoms with E-state index in [1.54, 1.807) is 20.3 Å². The Morgan fingerprint density at radius 1 is 0.971 bits per heavy atom. The lowest BCUT2D eigenvalue weighted by molar-refractivity contribution is -0.126. The van der Waals surface area contributed by atoms with E-state index < -0.39 is 0 Å². The molecule has 0 spiro atoms. The first-order chi connectivity index (χ1) is 16.7. The van der Waals surface area contributed by atoms with E-state index in [-0.39, 0.29) is 5.91 Å². The number of amides is 1. The highest BCUT2D eigenvalue weighted by Crippen LogP contribution is 2.41. The summed E-state index contributed by atoms with van der Waals surface area (Å²) < 4.78 is 13.1. The molecule has 34 heavy (non-hydrogen) atoms. The quantitative estimate of drug-likeness (QED) is 0.372. The largest absolute Gasteiger partial charge is 0.493 e. The van der Waals surface area contributed by atoms with E-state index in [1.165, 1.54) is 16.7 Å². The Kier molecular flexibility index (Phi) is 4.87. The van der Waals surface area contributed by atoms with E-state index in [9.17, 15) is 4.79 Å². The van der Waals surface area contributed by atoms with Crippen molar-refractivity contribution in [2.75, 3.05) is 20.8 Å². The van der Waals surface area contributed by atoms with E-state index >= 15 is 0 Å². The second-order valence-electron chi connectivity index (χ2n) is 8.70. The Labute approximate surface area is 198 Å². The Bertz CT molecular complexity index is 1470. The number of aromatic nitrogens is 2. The van der Waals surface area contributed by atoms with Gasteiger partial charge in [0.15, 0.2) is 11.5 Å². The summed E-state index contributed by atoms with van der Waals surface area (Å²) in [5.41, 5.74) is 7.92. The molecule has 0 saturated carbocycles. The molecule has 4 aromatic rings. The molecule has 6 heteroatoms. The van der Waals surface area contributed by atoms with Crippen LogP contribution in [0.5, 0.6) is 11.5 Å². The van der Waals surface area contributed by atoms with Crippen LogP contribution in [0.15, 0.2) is 60.8 Å². The standard InChI is InChI=1S/C28H25N3O3/c1-33-24-14-18-11-13-30(16-20(18)15-25(24)34-2)26(32)10-9-22-23-8-5-12-29-28(23)31-17-19-6-3-4-7-21(19)27(22)31/h3-10,12,14-15H,11,13,16-17H2,1-2H3/b10-9+. The van der Waals surface area contributed by atoms with Crippen LogP contribution in [0, 0.1) is 0 Å². The average Bonchev–Trinajstić information content (AvgIpc) is 3.41. The van der Waals surface area contributed by atoms with E-state index in [4.69, 9.17) is 9.47 Å². The molecule has 1 amide bonds. The van der Waals surface area contributed by atoms with Crippen LogP contribution in [0.3, 0.4) is 0 Å². The van der Waals surface area contributed by atoms with Crippen molar-refractivity contribution in [3.63, 3.8) is 0 Å². The number of benzene rings is 2. The molecule has 6 rings (SSSR count). The lowest BCUT2D eigenvalue weighted by atomic mass is 9.98. The van der Waals surface area contributed by atoms with Crippen molar-refractivity contribution in [2.24, 2.45) is 0 Å². The number of carbonyl (C=O) groups excluding carboxylic acids is 1. The zero-order chi connectivity index (χ0) is 23.2. The van der Waals surface area contributed by atoms with Gasteiger partial charge in [-0.3, -0.25) is 4.79 Å². The molecule has 2 aliphatic heterocycles. The van der Waals surface area contributed by atoms with Crippen molar-refractivity contribution < 1.29 is 14.3 Å². The van der Waals surface area contributed by atoms with Gasteiger partial charge in [-0.05, 0) is 53.5 Å². The first-order valence-electron chi connectivity index (χ1n) is 11.4. The van der Waals surface area contributed by atoms with E-state index in [0.717, 1.165) is 46.6 Å². The van der Waals surface area contributed by atoms with Crippen LogP contribution in [0.2, 0.25) is 0 Å². The number of nitrogens with zero attached hydrogens (tertiary/aromatic N) is 3. The second kappa shape index (κ2) is 8.06. The van der Waals surface area contributed by atoms with Gasteiger partial charge in [0.1, 0.15) is 5.65 Å². The van der Waals surface area contributed by atoms with Gasteiger partial charge >= 0.3 is 0 Å².